The van der Waals surface area contributed by atoms with Gasteiger partial charge in [-0.05, 0) is 64.5 Å². The molecule has 1 heterocycles. The molecule has 3 aromatic carbocycles. The fourth-order valence-electron chi connectivity index (χ4n) is 3.18. The van der Waals surface area contributed by atoms with Crippen LogP contribution in [0.3, 0.4) is 0 Å². The number of phenols is 1. The van der Waals surface area contributed by atoms with Crippen LogP contribution in [-0.4, -0.2) is 11.0 Å². The molecule has 2 N–H and O–H groups in total. The lowest BCUT2D eigenvalue weighted by molar-refractivity contribution is 0.0974. The van der Waals surface area contributed by atoms with Gasteiger partial charge >= 0.3 is 0 Å². The van der Waals surface area contributed by atoms with Gasteiger partial charge in [0.15, 0.2) is 0 Å². The van der Waals surface area contributed by atoms with E-state index in [9.17, 15) is 14.3 Å². The summed E-state index contributed by atoms with van der Waals surface area (Å²) in [5, 5.41) is 13.9. The predicted molar refractivity (Wildman–Crippen MR) is 117 cm³/mol. The molecule has 1 aliphatic heterocycles. The van der Waals surface area contributed by atoms with Crippen molar-refractivity contribution in [1.82, 2.24) is 0 Å². The maximum Gasteiger partial charge on any atom is 0.262 e. The zero-order valence-electron chi connectivity index (χ0n) is 14.1. The number of rotatable bonds is 2. The third-order valence-electron chi connectivity index (χ3n) is 4.42. The minimum absolute atomic E-state index is 0.00420. The Morgan fingerprint density at radius 1 is 1.00 bits per heavy atom. The zero-order chi connectivity index (χ0) is 20.0. The Hall–Kier alpha value is -1.90. The number of nitrogens with zero attached hydrogens (tertiary/aromatic N) is 1. The summed E-state index contributed by atoms with van der Waals surface area (Å²) in [7, 11) is 0. The molecule has 0 fully saturated rings. The molecule has 4 nitrogen and oxygen atoms in total. The molecular weight excluding hydrogens is 559 g/mol. The average Bonchev–Trinajstić information content (AvgIpc) is 2.65. The van der Waals surface area contributed by atoms with Crippen LogP contribution in [0.4, 0.5) is 15.8 Å². The molecule has 0 spiro atoms. The first-order valence-corrected chi connectivity index (χ1v) is 10.6. The third kappa shape index (κ3) is 3.44. The first-order valence-electron chi connectivity index (χ1n) is 8.18. The SMILES string of the molecule is O=C1c2cc(Br)ccc2N[C@H](c2cc(Br)cc(Br)c2O)N1c1cccc(F)c1. The predicted octanol–water partition coefficient (Wildman–Crippen LogP) is 6.59. The largest absolute Gasteiger partial charge is 0.506 e. The number of fused-ring (bicyclic) bond motifs is 1. The van der Waals surface area contributed by atoms with Gasteiger partial charge in [-0.1, -0.05) is 37.9 Å². The molecule has 0 radical (unpaired) electrons. The van der Waals surface area contributed by atoms with Gasteiger partial charge in [-0.15, -0.1) is 0 Å². The number of amides is 1. The van der Waals surface area contributed by atoms with Gasteiger partial charge in [0.05, 0.1) is 10.0 Å². The number of hydrogen-bond donors (Lipinski definition) is 2. The van der Waals surface area contributed by atoms with Crippen molar-refractivity contribution < 1.29 is 14.3 Å². The number of aromatic hydroxyl groups is 1. The lowest BCUT2D eigenvalue weighted by Crippen LogP contribution is -2.43. The fraction of sp³-hybridized carbons (Fsp3) is 0.0500. The minimum atomic E-state index is -0.739. The van der Waals surface area contributed by atoms with Crippen LogP contribution in [0, 0.1) is 5.82 Å². The molecule has 0 unspecified atom stereocenters. The summed E-state index contributed by atoms with van der Waals surface area (Å²) in [5.74, 6) is -0.764. The smallest absolute Gasteiger partial charge is 0.262 e. The van der Waals surface area contributed by atoms with Crippen molar-refractivity contribution in [2.45, 2.75) is 6.17 Å². The van der Waals surface area contributed by atoms with Gasteiger partial charge in [0, 0.05) is 25.9 Å². The van der Waals surface area contributed by atoms with E-state index >= 15 is 0 Å². The number of carbonyl (C=O) groups excluding carboxylic acids is 1. The van der Waals surface area contributed by atoms with Crippen molar-refractivity contribution in [1.29, 1.82) is 0 Å². The highest BCUT2D eigenvalue weighted by molar-refractivity contribution is 9.11. The number of halogens is 4. The molecule has 4 rings (SSSR count). The van der Waals surface area contributed by atoms with Crippen molar-refractivity contribution in [3.05, 3.63) is 85.0 Å². The Bertz CT molecular complexity index is 1110. The molecule has 28 heavy (non-hydrogen) atoms. The van der Waals surface area contributed by atoms with Crippen LogP contribution in [0.25, 0.3) is 0 Å². The molecule has 142 valence electrons. The van der Waals surface area contributed by atoms with Crippen molar-refractivity contribution in [3.63, 3.8) is 0 Å². The standard InChI is InChI=1S/C20H12Br3FN2O2/c21-10-4-5-17-14(6-10)20(28)26(13-3-1-2-12(24)9-13)19(25-17)15-7-11(22)8-16(23)18(15)27/h1-9,19,25,27H/t19-/m0/s1. The van der Waals surface area contributed by atoms with E-state index in [1.807, 2.05) is 6.07 Å². The topological polar surface area (TPSA) is 52.6 Å². The summed E-state index contributed by atoms with van der Waals surface area (Å²) in [6, 6.07) is 14.6. The molecule has 1 atom stereocenters. The van der Waals surface area contributed by atoms with Crippen molar-refractivity contribution in [2.24, 2.45) is 0 Å². The van der Waals surface area contributed by atoms with Gasteiger partial charge < -0.3 is 10.4 Å². The summed E-state index contributed by atoms with van der Waals surface area (Å²) < 4.78 is 15.9. The quantitative estimate of drug-likeness (QED) is 0.365. The summed E-state index contributed by atoms with van der Waals surface area (Å²) >= 11 is 10.1. The fourth-order valence-corrected chi connectivity index (χ4v) is 4.80. The van der Waals surface area contributed by atoms with Gasteiger partial charge in [0.1, 0.15) is 17.7 Å². The summed E-state index contributed by atoms with van der Waals surface area (Å²) in [6.45, 7) is 0. The molecule has 1 aliphatic rings. The molecular formula is C20H12Br3FN2O2. The zero-order valence-corrected chi connectivity index (χ0v) is 18.8. The van der Waals surface area contributed by atoms with Crippen LogP contribution in [0.2, 0.25) is 0 Å². The molecule has 3 aromatic rings. The molecule has 0 aromatic heterocycles. The van der Waals surface area contributed by atoms with E-state index in [2.05, 4.69) is 53.1 Å². The maximum absolute atomic E-state index is 13.9. The first-order chi connectivity index (χ1) is 13.3. The average molecular weight is 571 g/mol. The van der Waals surface area contributed by atoms with E-state index in [-0.39, 0.29) is 11.7 Å². The Morgan fingerprint density at radius 3 is 2.54 bits per heavy atom. The van der Waals surface area contributed by atoms with E-state index < -0.39 is 12.0 Å². The number of benzene rings is 3. The minimum Gasteiger partial charge on any atom is -0.506 e. The van der Waals surface area contributed by atoms with Crippen molar-refractivity contribution in [3.8, 4) is 5.75 Å². The second-order valence-corrected chi connectivity index (χ2v) is 8.90. The Labute approximate surface area is 185 Å². The second kappa shape index (κ2) is 7.50. The Balaban J connectivity index is 1.94. The Morgan fingerprint density at radius 2 is 1.79 bits per heavy atom. The van der Waals surface area contributed by atoms with Gasteiger partial charge in [0.25, 0.3) is 5.91 Å². The molecule has 0 aliphatic carbocycles. The van der Waals surface area contributed by atoms with Crippen LogP contribution in [-0.2, 0) is 0 Å². The number of phenolic OH excluding ortho intramolecular Hbond substituents is 1. The van der Waals surface area contributed by atoms with Crippen LogP contribution in [0.5, 0.6) is 5.75 Å². The summed E-state index contributed by atoms with van der Waals surface area (Å²) in [6.07, 6.45) is -0.739. The lowest BCUT2D eigenvalue weighted by Gasteiger charge is -2.38. The highest BCUT2D eigenvalue weighted by Gasteiger charge is 2.36. The van der Waals surface area contributed by atoms with Crippen LogP contribution >= 0.6 is 47.8 Å². The molecule has 8 heteroatoms. The van der Waals surface area contributed by atoms with E-state index in [0.717, 1.165) is 8.95 Å². The number of nitrogens with one attached hydrogen (secondary N) is 1. The molecule has 1 amide bonds. The lowest BCUT2D eigenvalue weighted by atomic mass is 10.0. The summed E-state index contributed by atoms with van der Waals surface area (Å²) in [5.41, 5.74) is 1.92. The second-order valence-electron chi connectivity index (χ2n) is 6.22. The van der Waals surface area contributed by atoms with E-state index in [4.69, 9.17) is 0 Å². The number of anilines is 2. The molecule has 0 bridgehead atoms. The van der Waals surface area contributed by atoms with Crippen LogP contribution in [0.1, 0.15) is 22.1 Å². The maximum atomic E-state index is 13.9. The van der Waals surface area contributed by atoms with Crippen molar-refractivity contribution in [2.75, 3.05) is 10.2 Å². The highest BCUT2D eigenvalue weighted by atomic mass is 79.9. The monoisotopic (exact) mass is 568 g/mol. The number of carbonyl (C=O) groups is 1. The van der Waals surface area contributed by atoms with Crippen LogP contribution < -0.4 is 10.2 Å². The molecule has 0 saturated heterocycles. The van der Waals surface area contributed by atoms with Gasteiger partial charge in [0.2, 0.25) is 0 Å². The molecule has 0 saturated carbocycles. The van der Waals surface area contributed by atoms with Crippen LogP contribution in [0.15, 0.2) is 68.0 Å². The Kier molecular flexibility index (Phi) is 5.20. The first kappa shape index (κ1) is 19.4. The van der Waals surface area contributed by atoms with Gasteiger partial charge in [-0.25, -0.2) is 4.39 Å². The normalized spacial score (nSPS) is 15.9. The third-order valence-corrected chi connectivity index (χ3v) is 5.98. The summed E-state index contributed by atoms with van der Waals surface area (Å²) in [4.78, 5) is 14.8. The van der Waals surface area contributed by atoms with Gasteiger partial charge in [-0.3, -0.25) is 9.69 Å². The number of hydrogen-bond acceptors (Lipinski definition) is 3. The van der Waals surface area contributed by atoms with E-state index in [1.165, 1.54) is 17.0 Å². The van der Waals surface area contributed by atoms with E-state index in [1.54, 1.807) is 36.4 Å². The van der Waals surface area contributed by atoms with E-state index in [0.29, 0.717) is 27.0 Å². The van der Waals surface area contributed by atoms with Gasteiger partial charge in [-0.2, -0.15) is 0 Å². The highest BCUT2D eigenvalue weighted by Crippen LogP contribution is 2.43. The van der Waals surface area contributed by atoms with Crippen molar-refractivity contribution >= 4 is 65.1 Å².